The zero-order valence-corrected chi connectivity index (χ0v) is 10.1. The van der Waals surface area contributed by atoms with Crippen LogP contribution in [0.1, 0.15) is 6.42 Å². The van der Waals surface area contributed by atoms with Gasteiger partial charge in [0.25, 0.3) is 5.69 Å². The Balaban J connectivity index is 2.52. The van der Waals surface area contributed by atoms with Crippen LogP contribution in [0.5, 0.6) is 0 Å². The van der Waals surface area contributed by atoms with E-state index in [4.69, 9.17) is 5.73 Å². The number of hydrogen-bond donors (Lipinski definition) is 2. The summed E-state index contributed by atoms with van der Waals surface area (Å²) in [4.78, 5) is 14.4. The molecule has 0 aliphatic rings. The molecule has 0 atom stereocenters. The van der Waals surface area contributed by atoms with E-state index in [1.165, 1.54) is 18.3 Å². The molecular weight excluding hydrogens is 251 g/mol. The molecule has 1 aromatic carbocycles. The van der Waals surface area contributed by atoms with E-state index >= 15 is 0 Å². The van der Waals surface area contributed by atoms with Crippen LogP contribution in [0.25, 0.3) is 10.8 Å². The van der Waals surface area contributed by atoms with Crippen LogP contribution >= 0.6 is 0 Å². The Labute approximate surface area is 108 Å². The molecule has 0 radical (unpaired) electrons. The first-order chi connectivity index (χ1) is 9.13. The van der Waals surface area contributed by atoms with Crippen molar-refractivity contribution in [2.75, 3.05) is 18.4 Å². The summed E-state index contributed by atoms with van der Waals surface area (Å²) in [7, 11) is 0. The van der Waals surface area contributed by atoms with Gasteiger partial charge in [0.15, 0.2) is 0 Å². The van der Waals surface area contributed by atoms with Crippen LogP contribution in [0.15, 0.2) is 24.4 Å². The van der Waals surface area contributed by atoms with Crippen LogP contribution in [0, 0.1) is 15.9 Å². The van der Waals surface area contributed by atoms with Crippen molar-refractivity contribution in [1.82, 2.24) is 4.98 Å². The first-order valence-electron chi connectivity index (χ1n) is 5.80. The summed E-state index contributed by atoms with van der Waals surface area (Å²) in [5, 5.41) is 14.7. The van der Waals surface area contributed by atoms with Gasteiger partial charge in [-0.3, -0.25) is 10.1 Å². The second-order valence-corrected chi connectivity index (χ2v) is 4.01. The highest BCUT2D eigenvalue weighted by molar-refractivity contribution is 5.97. The Hall–Kier alpha value is -2.28. The summed E-state index contributed by atoms with van der Waals surface area (Å²) in [6, 6.07) is 3.65. The predicted molar refractivity (Wildman–Crippen MR) is 70.5 cm³/mol. The molecule has 3 N–H and O–H groups in total. The molecule has 0 fully saturated rings. The lowest BCUT2D eigenvalue weighted by molar-refractivity contribution is -0.383. The fourth-order valence-electron chi connectivity index (χ4n) is 1.83. The quantitative estimate of drug-likeness (QED) is 0.489. The average Bonchev–Trinajstić information content (AvgIpc) is 2.38. The Morgan fingerprint density at radius 3 is 2.89 bits per heavy atom. The van der Waals surface area contributed by atoms with Gasteiger partial charge in [0.05, 0.1) is 16.4 Å². The number of rotatable bonds is 5. The van der Waals surface area contributed by atoms with E-state index in [0.717, 1.165) is 12.5 Å². The Bertz CT molecular complexity index is 618. The van der Waals surface area contributed by atoms with E-state index in [1.807, 2.05) is 0 Å². The normalized spacial score (nSPS) is 10.6. The third kappa shape index (κ3) is 2.76. The number of nitro groups is 1. The van der Waals surface area contributed by atoms with Crippen LogP contribution in [0.2, 0.25) is 0 Å². The molecule has 0 aliphatic heterocycles. The van der Waals surface area contributed by atoms with Gasteiger partial charge in [-0.05, 0) is 25.1 Å². The fourth-order valence-corrected chi connectivity index (χ4v) is 1.83. The third-order valence-electron chi connectivity index (χ3n) is 2.69. The Morgan fingerprint density at radius 1 is 1.42 bits per heavy atom. The summed E-state index contributed by atoms with van der Waals surface area (Å²) in [5.74, 6) is -0.234. The summed E-state index contributed by atoms with van der Waals surface area (Å²) in [6.07, 6.45) is 2.19. The summed E-state index contributed by atoms with van der Waals surface area (Å²) in [6.45, 7) is 1.10. The minimum Gasteiger partial charge on any atom is -0.370 e. The molecule has 6 nitrogen and oxygen atoms in total. The third-order valence-corrected chi connectivity index (χ3v) is 2.69. The number of nitrogens with zero attached hydrogens (tertiary/aromatic N) is 2. The molecule has 0 bridgehead atoms. The topological polar surface area (TPSA) is 94.1 Å². The molecule has 0 spiro atoms. The van der Waals surface area contributed by atoms with Crippen molar-refractivity contribution in [3.8, 4) is 0 Å². The minimum atomic E-state index is -0.658. The molecule has 0 saturated carbocycles. The molecule has 0 unspecified atom stereocenters. The van der Waals surface area contributed by atoms with Crippen LogP contribution in [0.3, 0.4) is 0 Å². The van der Waals surface area contributed by atoms with Crippen LogP contribution in [-0.4, -0.2) is 23.0 Å². The highest BCUT2D eigenvalue weighted by Gasteiger charge is 2.16. The summed E-state index contributed by atoms with van der Waals surface area (Å²) in [5.41, 5.74) is 5.12. The zero-order valence-electron chi connectivity index (χ0n) is 10.1. The standard InChI is InChI=1S/C12H13FN4O2/c13-8-6-10-9(11(7-8)17(18)19)2-5-16-12(10)15-4-1-3-14/h2,5-7H,1,3-4,14H2,(H,15,16). The highest BCUT2D eigenvalue weighted by atomic mass is 19.1. The zero-order chi connectivity index (χ0) is 13.8. The minimum absolute atomic E-state index is 0.265. The van der Waals surface area contributed by atoms with Gasteiger partial charge in [0.2, 0.25) is 0 Å². The summed E-state index contributed by atoms with van der Waals surface area (Å²) < 4.78 is 13.4. The SMILES string of the molecule is NCCCNc1nccc2c([N+](=O)[O-])cc(F)cc12. The lowest BCUT2D eigenvalue weighted by atomic mass is 10.1. The number of fused-ring (bicyclic) bond motifs is 1. The number of anilines is 1. The number of hydrogen-bond acceptors (Lipinski definition) is 5. The second kappa shape index (κ2) is 5.57. The van der Waals surface area contributed by atoms with Crippen molar-refractivity contribution in [2.45, 2.75) is 6.42 Å². The predicted octanol–water partition coefficient (Wildman–Crippen LogP) is 2.04. The van der Waals surface area contributed by atoms with E-state index in [-0.39, 0.29) is 5.69 Å². The van der Waals surface area contributed by atoms with Crippen molar-refractivity contribution < 1.29 is 9.31 Å². The van der Waals surface area contributed by atoms with Crippen molar-refractivity contribution >= 4 is 22.3 Å². The van der Waals surface area contributed by atoms with E-state index in [2.05, 4.69) is 10.3 Å². The van der Waals surface area contributed by atoms with Crippen molar-refractivity contribution in [3.63, 3.8) is 0 Å². The molecule has 19 heavy (non-hydrogen) atoms. The maximum absolute atomic E-state index is 13.4. The first kappa shape index (κ1) is 13.2. The molecule has 2 rings (SSSR count). The van der Waals surface area contributed by atoms with Gasteiger partial charge in [-0.2, -0.15) is 0 Å². The van der Waals surface area contributed by atoms with Crippen molar-refractivity contribution in [2.24, 2.45) is 5.73 Å². The molecule has 2 aromatic rings. The maximum Gasteiger partial charge on any atom is 0.280 e. The van der Waals surface area contributed by atoms with Gasteiger partial charge in [-0.1, -0.05) is 0 Å². The van der Waals surface area contributed by atoms with Gasteiger partial charge in [0, 0.05) is 18.1 Å². The molecule has 100 valence electrons. The number of nitrogens with two attached hydrogens (primary N) is 1. The van der Waals surface area contributed by atoms with E-state index in [0.29, 0.717) is 29.7 Å². The molecule has 7 heteroatoms. The number of aromatic nitrogens is 1. The molecular formula is C12H13FN4O2. The van der Waals surface area contributed by atoms with Crippen LogP contribution < -0.4 is 11.1 Å². The second-order valence-electron chi connectivity index (χ2n) is 4.01. The average molecular weight is 264 g/mol. The largest absolute Gasteiger partial charge is 0.370 e. The lowest BCUT2D eigenvalue weighted by Gasteiger charge is -2.08. The summed E-state index contributed by atoms with van der Waals surface area (Å²) >= 11 is 0. The monoisotopic (exact) mass is 264 g/mol. The van der Waals surface area contributed by atoms with Gasteiger partial charge < -0.3 is 11.1 Å². The van der Waals surface area contributed by atoms with Crippen molar-refractivity contribution in [3.05, 3.63) is 40.3 Å². The van der Waals surface area contributed by atoms with Crippen LogP contribution in [0.4, 0.5) is 15.9 Å². The lowest BCUT2D eigenvalue weighted by Crippen LogP contribution is -2.09. The number of nitrogens with one attached hydrogen (secondary N) is 1. The molecule has 1 aromatic heterocycles. The van der Waals surface area contributed by atoms with Gasteiger partial charge in [-0.25, -0.2) is 9.37 Å². The number of benzene rings is 1. The molecule has 1 heterocycles. The first-order valence-corrected chi connectivity index (χ1v) is 5.80. The van der Waals surface area contributed by atoms with Gasteiger partial charge in [-0.15, -0.1) is 0 Å². The number of halogens is 1. The molecule has 0 saturated heterocycles. The highest BCUT2D eigenvalue weighted by Crippen LogP contribution is 2.30. The molecule has 0 amide bonds. The van der Waals surface area contributed by atoms with E-state index in [1.54, 1.807) is 0 Å². The Kier molecular flexibility index (Phi) is 3.86. The van der Waals surface area contributed by atoms with Crippen LogP contribution in [-0.2, 0) is 0 Å². The maximum atomic E-state index is 13.4. The van der Waals surface area contributed by atoms with E-state index in [9.17, 15) is 14.5 Å². The fraction of sp³-hybridized carbons (Fsp3) is 0.250. The van der Waals surface area contributed by atoms with E-state index < -0.39 is 10.7 Å². The number of nitro benzene ring substituents is 1. The Morgan fingerprint density at radius 2 is 2.21 bits per heavy atom. The smallest absolute Gasteiger partial charge is 0.280 e. The molecule has 0 aliphatic carbocycles. The number of non-ortho nitro benzene ring substituents is 1. The van der Waals surface area contributed by atoms with Gasteiger partial charge in [0.1, 0.15) is 11.6 Å². The number of pyridine rings is 1. The van der Waals surface area contributed by atoms with Crippen molar-refractivity contribution in [1.29, 1.82) is 0 Å². The van der Waals surface area contributed by atoms with Gasteiger partial charge >= 0.3 is 0 Å².